The van der Waals surface area contributed by atoms with Gasteiger partial charge in [0, 0.05) is 17.0 Å². The monoisotopic (exact) mass is 348 g/mol. The number of anilines is 1. The zero-order chi connectivity index (χ0) is 15.7. The molecule has 22 heavy (non-hydrogen) atoms. The van der Waals surface area contributed by atoms with E-state index in [4.69, 9.17) is 12.2 Å². The van der Waals surface area contributed by atoms with Crippen molar-refractivity contribution in [3.05, 3.63) is 61.7 Å². The van der Waals surface area contributed by atoms with Crippen molar-refractivity contribution in [1.29, 1.82) is 0 Å². The lowest BCUT2D eigenvalue weighted by atomic mass is 10.2. The minimum absolute atomic E-state index is 0.0247. The lowest BCUT2D eigenvalue weighted by molar-refractivity contribution is -0.384. The molecule has 0 unspecified atom stereocenters. The molecule has 1 saturated heterocycles. The third kappa shape index (κ3) is 2.80. The topological polar surface area (TPSA) is 63.5 Å². The first-order valence-electron chi connectivity index (χ1n) is 6.12. The molecule has 5 nitrogen and oxygen atoms in total. The molecule has 3 rings (SSSR count). The lowest BCUT2D eigenvalue weighted by Gasteiger charge is -2.13. The predicted octanol–water partition coefficient (Wildman–Crippen LogP) is 4.06. The van der Waals surface area contributed by atoms with Crippen molar-refractivity contribution >= 4 is 63.0 Å². The maximum absolute atomic E-state index is 12.5. The molecule has 1 aromatic heterocycles. The SMILES string of the molecule is O=C1/C(=C\c2cccs2)SC(=S)N1c1ccc([N+](=O)[O-])cc1. The number of nitrogens with zero attached hydrogens (tertiary/aromatic N) is 2. The molecular formula is C14H8N2O3S3. The quantitative estimate of drug-likeness (QED) is 0.362. The third-order valence-electron chi connectivity index (χ3n) is 2.93. The number of hydrogen-bond acceptors (Lipinski definition) is 6. The number of carbonyl (C=O) groups excluding carboxylic acids is 1. The number of thioether (sulfide) groups is 1. The van der Waals surface area contributed by atoms with Gasteiger partial charge in [0.25, 0.3) is 11.6 Å². The van der Waals surface area contributed by atoms with Crippen LogP contribution in [0.1, 0.15) is 4.88 Å². The Kier molecular flexibility index (Phi) is 4.06. The Bertz CT molecular complexity index is 782. The second-order valence-corrected chi connectivity index (χ2v) is 6.96. The van der Waals surface area contributed by atoms with Crippen LogP contribution >= 0.6 is 35.3 Å². The highest BCUT2D eigenvalue weighted by atomic mass is 32.2. The lowest BCUT2D eigenvalue weighted by Crippen LogP contribution is -2.27. The zero-order valence-electron chi connectivity index (χ0n) is 11.0. The summed E-state index contributed by atoms with van der Waals surface area (Å²) in [5.41, 5.74) is 0.506. The molecule has 1 fully saturated rings. The van der Waals surface area contributed by atoms with Crippen LogP contribution in [0.25, 0.3) is 6.08 Å². The fourth-order valence-corrected chi connectivity index (χ4v) is 3.94. The highest BCUT2D eigenvalue weighted by Crippen LogP contribution is 2.36. The van der Waals surface area contributed by atoms with Gasteiger partial charge in [0.1, 0.15) is 0 Å². The van der Waals surface area contributed by atoms with Gasteiger partial charge in [-0.1, -0.05) is 30.0 Å². The van der Waals surface area contributed by atoms with Crippen molar-refractivity contribution in [2.75, 3.05) is 4.90 Å². The Balaban J connectivity index is 1.90. The number of non-ortho nitro benzene ring substituents is 1. The summed E-state index contributed by atoms with van der Waals surface area (Å²) in [6.45, 7) is 0. The summed E-state index contributed by atoms with van der Waals surface area (Å²) < 4.78 is 0.418. The van der Waals surface area contributed by atoms with Gasteiger partial charge in [-0.05, 0) is 29.7 Å². The number of rotatable bonds is 3. The Morgan fingerprint density at radius 1 is 1.23 bits per heavy atom. The minimum atomic E-state index is -0.481. The van der Waals surface area contributed by atoms with Crippen LogP contribution in [0.15, 0.2) is 46.7 Å². The fraction of sp³-hybridized carbons (Fsp3) is 0. The van der Waals surface area contributed by atoms with Gasteiger partial charge in [0.15, 0.2) is 4.32 Å². The van der Waals surface area contributed by atoms with E-state index in [9.17, 15) is 14.9 Å². The average Bonchev–Trinajstić information content (AvgIpc) is 3.09. The fourth-order valence-electron chi connectivity index (χ4n) is 1.92. The molecule has 0 spiro atoms. The zero-order valence-corrected chi connectivity index (χ0v) is 13.4. The van der Waals surface area contributed by atoms with E-state index in [1.165, 1.54) is 52.3 Å². The summed E-state index contributed by atoms with van der Waals surface area (Å²) in [4.78, 5) is 25.6. The average molecular weight is 348 g/mol. The molecular weight excluding hydrogens is 340 g/mol. The maximum Gasteiger partial charge on any atom is 0.270 e. The first-order valence-corrected chi connectivity index (χ1v) is 8.22. The van der Waals surface area contributed by atoms with E-state index >= 15 is 0 Å². The molecule has 2 aromatic rings. The number of amides is 1. The normalized spacial score (nSPS) is 16.5. The van der Waals surface area contributed by atoms with Crippen molar-refractivity contribution in [3.8, 4) is 0 Å². The van der Waals surface area contributed by atoms with E-state index in [2.05, 4.69) is 0 Å². The molecule has 110 valence electrons. The standard InChI is InChI=1S/C14H8N2O3S3/c17-13-12(8-11-2-1-7-21-11)22-14(20)15(13)9-3-5-10(6-4-9)16(18)19/h1-8H/b12-8+. The van der Waals surface area contributed by atoms with Crippen molar-refractivity contribution in [2.24, 2.45) is 0 Å². The number of carbonyl (C=O) groups is 1. The largest absolute Gasteiger partial charge is 0.270 e. The van der Waals surface area contributed by atoms with E-state index in [1.807, 2.05) is 17.5 Å². The first-order chi connectivity index (χ1) is 10.6. The van der Waals surface area contributed by atoms with Crippen LogP contribution in [0.5, 0.6) is 0 Å². The van der Waals surface area contributed by atoms with Crippen LogP contribution in [-0.2, 0) is 4.79 Å². The first kappa shape index (κ1) is 14.9. The van der Waals surface area contributed by atoms with Gasteiger partial charge in [-0.3, -0.25) is 19.8 Å². The van der Waals surface area contributed by atoms with Crippen molar-refractivity contribution in [1.82, 2.24) is 0 Å². The molecule has 1 aromatic carbocycles. The second kappa shape index (κ2) is 5.99. The second-order valence-electron chi connectivity index (χ2n) is 4.31. The van der Waals surface area contributed by atoms with Gasteiger partial charge >= 0.3 is 0 Å². The number of benzene rings is 1. The Morgan fingerprint density at radius 2 is 1.95 bits per heavy atom. The Hall–Kier alpha value is -2.03. The van der Waals surface area contributed by atoms with E-state index in [1.54, 1.807) is 6.08 Å². The van der Waals surface area contributed by atoms with Crippen LogP contribution in [-0.4, -0.2) is 15.2 Å². The van der Waals surface area contributed by atoms with Crippen molar-refractivity contribution < 1.29 is 9.72 Å². The number of nitro benzene ring substituents is 1. The van der Waals surface area contributed by atoms with Crippen molar-refractivity contribution in [2.45, 2.75) is 0 Å². The number of nitro groups is 1. The van der Waals surface area contributed by atoms with Gasteiger partial charge in [0.05, 0.1) is 15.5 Å². The molecule has 8 heteroatoms. The number of hydrogen-bond donors (Lipinski definition) is 0. The Labute approximate surface area is 139 Å². The number of thiophene rings is 1. The molecule has 1 aliphatic heterocycles. The summed E-state index contributed by atoms with van der Waals surface area (Å²) in [6, 6.07) is 9.60. The van der Waals surface area contributed by atoms with Crippen LogP contribution in [0.4, 0.5) is 11.4 Å². The highest BCUT2D eigenvalue weighted by Gasteiger charge is 2.33. The summed E-state index contributed by atoms with van der Waals surface area (Å²) in [7, 11) is 0. The molecule has 0 bridgehead atoms. The van der Waals surface area contributed by atoms with Crippen LogP contribution in [0.3, 0.4) is 0 Å². The summed E-state index contributed by atoms with van der Waals surface area (Å²) in [5.74, 6) is -0.211. The molecule has 0 atom stereocenters. The molecule has 0 N–H and O–H groups in total. The van der Waals surface area contributed by atoms with Crippen LogP contribution in [0, 0.1) is 10.1 Å². The molecule has 1 amide bonds. The summed E-state index contributed by atoms with van der Waals surface area (Å²) >= 11 is 8.02. The number of thiocarbonyl (C=S) groups is 1. The van der Waals surface area contributed by atoms with Crippen molar-refractivity contribution in [3.63, 3.8) is 0 Å². The van der Waals surface area contributed by atoms with Gasteiger partial charge in [-0.25, -0.2) is 0 Å². The molecule has 2 heterocycles. The van der Waals surface area contributed by atoms with E-state index in [0.29, 0.717) is 14.9 Å². The van der Waals surface area contributed by atoms with Gasteiger partial charge < -0.3 is 0 Å². The van der Waals surface area contributed by atoms with E-state index in [0.717, 1.165) is 4.88 Å². The highest BCUT2D eigenvalue weighted by molar-refractivity contribution is 8.27. The molecule has 0 saturated carbocycles. The predicted molar refractivity (Wildman–Crippen MR) is 93.1 cm³/mol. The third-order valence-corrected chi connectivity index (χ3v) is 5.05. The van der Waals surface area contributed by atoms with Crippen LogP contribution in [0.2, 0.25) is 0 Å². The maximum atomic E-state index is 12.5. The molecule has 0 radical (unpaired) electrons. The van der Waals surface area contributed by atoms with Gasteiger partial charge in [0.2, 0.25) is 0 Å². The van der Waals surface area contributed by atoms with Gasteiger partial charge in [-0.2, -0.15) is 0 Å². The van der Waals surface area contributed by atoms with E-state index in [-0.39, 0.29) is 11.6 Å². The molecule has 1 aliphatic rings. The smallest absolute Gasteiger partial charge is 0.268 e. The Morgan fingerprint density at radius 3 is 2.55 bits per heavy atom. The van der Waals surface area contributed by atoms with E-state index < -0.39 is 4.92 Å². The van der Waals surface area contributed by atoms with Gasteiger partial charge in [-0.15, -0.1) is 11.3 Å². The summed E-state index contributed by atoms with van der Waals surface area (Å²) in [6.07, 6.45) is 1.80. The molecule has 0 aliphatic carbocycles. The minimum Gasteiger partial charge on any atom is -0.268 e. The van der Waals surface area contributed by atoms with Crippen LogP contribution < -0.4 is 4.90 Å². The summed E-state index contributed by atoms with van der Waals surface area (Å²) in [5, 5.41) is 12.6.